The van der Waals surface area contributed by atoms with Crippen molar-refractivity contribution in [3.8, 4) is 22.8 Å². The summed E-state index contributed by atoms with van der Waals surface area (Å²) in [6, 6.07) is 8.25. The molecule has 0 spiro atoms. The van der Waals surface area contributed by atoms with Crippen LogP contribution in [0.15, 0.2) is 42.2 Å². The largest absolute Gasteiger partial charge is 0.483 e. The molecule has 2 aliphatic rings. The molecule has 30 heavy (non-hydrogen) atoms. The number of aldehydes is 1. The highest BCUT2D eigenvalue weighted by Gasteiger charge is 2.25. The normalized spacial score (nSPS) is 15.9. The van der Waals surface area contributed by atoms with Crippen LogP contribution in [-0.2, 0) is 9.53 Å². The predicted octanol–water partition coefficient (Wildman–Crippen LogP) is 2.45. The minimum Gasteiger partial charge on any atom is -0.483 e. The number of hydrogen-bond donors (Lipinski definition) is 0. The van der Waals surface area contributed by atoms with Gasteiger partial charge in [0.2, 0.25) is 0 Å². The SMILES string of the molecule is Cc1cccc(-c2cnn(-c3nc4c(c(N5CCOCC5)n3)OCC(C=O)=C4)c2)c1. The molecular weight excluding hydrogens is 382 g/mol. The summed E-state index contributed by atoms with van der Waals surface area (Å²) in [5.41, 5.74) is 4.37. The number of morpholine rings is 1. The van der Waals surface area contributed by atoms with Gasteiger partial charge in [0.1, 0.15) is 18.6 Å². The Morgan fingerprint density at radius 1 is 1.13 bits per heavy atom. The van der Waals surface area contributed by atoms with Crippen LogP contribution in [0.5, 0.6) is 5.75 Å². The molecule has 0 amide bonds. The lowest BCUT2D eigenvalue weighted by atomic mass is 10.1. The first-order chi connectivity index (χ1) is 14.7. The van der Waals surface area contributed by atoms with Gasteiger partial charge in [0.15, 0.2) is 11.6 Å². The van der Waals surface area contributed by atoms with E-state index in [-0.39, 0.29) is 6.61 Å². The topological polar surface area (TPSA) is 82.4 Å². The van der Waals surface area contributed by atoms with Gasteiger partial charge >= 0.3 is 0 Å². The summed E-state index contributed by atoms with van der Waals surface area (Å²) in [6.45, 7) is 4.96. The van der Waals surface area contributed by atoms with Gasteiger partial charge in [0, 0.05) is 30.4 Å². The fraction of sp³-hybridized carbons (Fsp3) is 0.273. The molecule has 0 radical (unpaired) electrons. The van der Waals surface area contributed by atoms with Gasteiger partial charge in [-0.25, -0.2) is 9.67 Å². The molecule has 8 nitrogen and oxygen atoms in total. The van der Waals surface area contributed by atoms with Crippen LogP contribution in [0.3, 0.4) is 0 Å². The zero-order valence-electron chi connectivity index (χ0n) is 16.6. The molecule has 152 valence electrons. The van der Waals surface area contributed by atoms with E-state index in [4.69, 9.17) is 14.5 Å². The molecule has 1 saturated heterocycles. The smallest absolute Gasteiger partial charge is 0.253 e. The molecule has 8 heteroatoms. The van der Waals surface area contributed by atoms with Crippen molar-refractivity contribution in [3.63, 3.8) is 0 Å². The molecule has 1 fully saturated rings. The summed E-state index contributed by atoms with van der Waals surface area (Å²) < 4.78 is 13.0. The highest BCUT2D eigenvalue weighted by atomic mass is 16.5. The summed E-state index contributed by atoms with van der Waals surface area (Å²) in [5, 5.41) is 4.48. The minimum atomic E-state index is 0.218. The van der Waals surface area contributed by atoms with Crippen molar-refractivity contribution in [1.29, 1.82) is 0 Å². The van der Waals surface area contributed by atoms with Crippen LogP contribution in [0.1, 0.15) is 11.3 Å². The van der Waals surface area contributed by atoms with E-state index in [1.165, 1.54) is 5.56 Å². The molecular formula is C22H21N5O3. The first-order valence-corrected chi connectivity index (χ1v) is 9.86. The van der Waals surface area contributed by atoms with Crippen molar-refractivity contribution < 1.29 is 14.3 Å². The van der Waals surface area contributed by atoms with Gasteiger partial charge in [-0.2, -0.15) is 10.1 Å². The molecule has 3 aromatic rings. The monoisotopic (exact) mass is 403 g/mol. The Morgan fingerprint density at radius 3 is 2.80 bits per heavy atom. The van der Waals surface area contributed by atoms with Gasteiger partial charge < -0.3 is 14.4 Å². The Morgan fingerprint density at radius 2 is 2.00 bits per heavy atom. The maximum absolute atomic E-state index is 11.3. The third kappa shape index (κ3) is 3.46. The number of carbonyl (C=O) groups is 1. The van der Waals surface area contributed by atoms with Gasteiger partial charge in [0.25, 0.3) is 5.95 Å². The average molecular weight is 403 g/mol. The van der Waals surface area contributed by atoms with Crippen molar-refractivity contribution in [2.24, 2.45) is 0 Å². The number of hydrogen-bond acceptors (Lipinski definition) is 7. The van der Waals surface area contributed by atoms with Crippen LogP contribution in [0.2, 0.25) is 0 Å². The number of nitrogens with zero attached hydrogens (tertiary/aromatic N) is 5. The van der Waals surface area contributed by atoms with Gasteiger partial charge in [0.05, 0.1) is 19.4 Å². The van der Waals surface area contributed by atoms with Crippen LogP contribution in [0, 0.1) is 6.92 Å². The van der Waals surface area contributed by atoms with Crippen molar-refractivity contribution >= 4 is 18.2 Å². The Balaban J connectivity index is 1.59. The van der Waals surface area contributed by atoms with E-state index in [1.54, 1.807) is 17.0 Å². The summed E-state index contributed by atoms with van der Waals surface area (Å²) in [6.07, 6.45) is 6.26. The zero-order chi connectivity index (χ0) is 20.5. The molecule has 0 saturated carbocycles. The first-order valence-electron chi connectivity index (χ1n) is 9.86. The fourth-order valence-corrected chi connectivity index (χ4v) is 3.62. The molecule has 1 aromatic carbocycles. The second-order valence-electron chi connectivity index (χ2n) is 7.33. The van der Waals surface area contributed by atoms with Crippen LogP contribution < -0.4 is 9.64 Å². The Hall–Kier alpha value is -3.52. The maximum atomic E-state index is 11.3. The summed E-state index contributed by atoms with van der Waals surface area (Å²) in [5.74, 6) is 1.73. The van der Waals surface area contributed by atoms with E-state index in [0.717, 1.165) is 17.4 Å². The third-order valence-corrected chi connectivity index (χ3v) is 5.17. The molecule has 0 unspecified atom stereocenters. The summed E-state index contributed by atoms with van der Waals surface area (Å²) in [7, 11) is 0. The van der Waals surface area contributed by atoms with Crippen LogP contribution in [-0.4, -0.2) is 58.9 Å². The predicted molar refractivity (Wildman–Crippen MR) is 112 cm³/mol. The average Bonchev–Trinajstić information content (AvgIpc) is 3.29. The Bertz CT molecular complexity index is 1130. The van der Waals surface area contributed by atoms with E-state index < -0.39 is 0 Å². The molecule has 0 N–H and O–H groups in total. The number of aryl methyl sites for hydroxylation is 1. The number of carbonyl (C=O) groups excluding carboxylic acids is 1. The number of anilines is 1. The van der Waals surface area contributed by atoms with Gasteiger partial charge in [-0.1, -0.05) is 29.8 Å². The Labute approximate surface area is 173 Å². The molecule has 0 atom stereocenters. The van der Waals surface area contributed by atoms with Crippen molar-refractivity contribution in [2.45, 2.75) is 6.92 Å². The lowest BCUT2D eigenvalue weighted by molar-refractivity contribution is -0.105. The van der Waals surface area contributed by atoms with E-state index in [9.17, 15) is 4.79 Å². The fourth-order valence-electron chi connectivity index (χ4n) is 3.62. The van der Waals surface area contributed by atoms with Crippen molar-refractivity contribution in [1.82, 2.24) is 19.7 Å². The van der Waals surface area contributed by atoms with E-state index >= 15 is 0 Å². The number of fused-ring (bicyclic) bond motifs is 1. The Kier molecular flexibility index (Phi) is 4.76. The molecule has 0 aliphatic carbocycles. The standard InChI is InChI=1S/C22H21N5O3/c1-15-3-2-4-17(9-15)18-11-23-27(12-18)22-24-19-10-16(13-28)14-30-20(19)21(25-22)26-5-7-29-8-6-26/h2-4,9-13H,5-8,14H2,1H3. The zero-order valence-corrected chi connectivity index (χ0v) is 16.6. The van der Waals surface area contributed by atoms with Crippen LogP contribution in [0.25, 0.3) is 23.2 Å². The van der Waals surface area contributed by atoms with Crippen LogP contribution in [0.4, 0.5) is 5.82 Å². The number of aromatic nitrogens is 4. The highest BCUT2D eigenvalue weighted by molar-refractivity contribution is 5.85. The molecule has 0 bridgehead atoms. The van der Waals surface area contributed by atoms with E-state index in [2.05, 4.69) is 34.0 Å². The van der Waals surface area contributed by atoms with Crippen molar-refractivity contribution in [3.05, 3.63) is 53.5 Å². The number of benzene rings is 1. The van der Waals surface area contributed by atoms with Crippen LogP contribution >= 0.6 is 0 Å². The molecule has 4 heterocycles. The van der Waals surface area contributed by atoms with E-state index in [1.807, 2.05) is 18.3 Å². The van der Waals surface area contributed by atoms with Crippen molar-refractivity contribution in [2.75, 3.05) is 37.8 Å². The molecule has 2 aromatic heterocycles. The minimum absolute atomic E-state index is 0.218. The second-order valence-corrected chi connectivity index (χ2v) is 7.33. The highest BCUT2D eigenvalue weighted by Crippen LogP contribution is 2.35. The lowest BCUT2D eigenvalue weighted by Gasteiger charge is -2.30. The second kappa shape index (κ2) is 7.72. The van der Waals surface area contributed by atoms with Gasteiger partial charge in [-0.3, -0.25) is 4.79 Å². The van der Waals surface area contributed by atoms with Gasteiger partial charge in [-0.15, -0.1) is 0 Å². The molecule has 5 rings (SSSR count). The van der Waals surface area contributed by atoms with Gasteiger partial charge in [-0.05, 0) is 18.6 Å². The lowest BCUT2D eigenvalue weighted by Crippen LogP contribution is -2.37. The summed E-state index contributed by atoms with van der Waals surface area (Å²) in [4.78, 5) is 22.8. The first kappa shape index (κ1) is 18.5. The quantitative estimate of drug-likeness (QED) is 0.619. The maximum Gasteiger partial charge on any atom is 0.253 e. The van der Waals surface area contributed by atoms with E-state index in [0.29, 0.717) is 55.1 Å². The molecule has 2 aliphatic heterocycles. The number of rotatable bonds is 4. The summed E-state index contributed by atoms with van der Waals surface area (Å²) >= 11 is 0. The number of ether oxygens (including phenoxy) is 2. The third-order valence-electron chi connectivity index (χ3n) is 5.17.